The van der Waals surface area contributed by atoms with E-state index >= 15 is 0 Å². The average Bonchev–Trinajstić information content (AvgIpc) is 2.98. The van der Waals surface area contributed by atoms with E-state index in [9.17, 15) is 27.9 Å². The highest BCUT2D eigenvalue weighted by Gasteiger charge is 2.34. The molecular weight excluding hydrogens is 405 g/mol. The first-order valence-electron chi connectivity index (χ1n) is 10.8. The van der Waals surface area contributed by atoms with Crippen molar-refractivity contribution in [1.82, 2.24) is 0 Å². The lowest BCUT2D eigenvalue weighted by Crippen LogP contribution is -2.20. The Balaban J connectivity index is 2.13. The van der Waals surface area contributed by atoms with Crippen molar-refractivity contribution < 1.29 is 33.0 Å². The maximum Gasteiger partial charge on any atom is 0.389 e. The van der Waals surface area contributed by atoms with Gasteiger partial charge in [0.2, 0.25) is 0 Å². The lowest BCUT2D eigenvalue weighted by molar-refractivity contribution is -0.137. The first-order valence-corrected chi connectivity index (χ1v) is 11.8. The third-order valence-corrected chi connectivity index (χ3v) is 7.01. The number of rotatable bonds is 16. The summed E-state index contributed by atoms with van der Waals surface area (Å²) in [6, 6.07) is 0. The summed E-state index contributed by atoms with van der Waals surface area (Å²) < 4.78 is 36.2. The Bertz CT molecular complexity index is 485. The summed E-state index contributed by atoms with van der Waals surface area (Å²) in [5, 5.41) is 19.0. The van der Waals surface area contributed by atoms with Crippen molar-refractivity contribution in [2.24, 2.45) is 5.92 Å². The molecule has 0 radical (unpaired) electrons. The molecule has 1 saturated carbocycles. The van der Waals surface area contributed by atoms with Crippen molar-refractivity contribution in [3.8, 4) is 0 Å². The normalized spacial score (nSPS) is 20.9. The van der Waals surface area contributed by atoms with Crippen LogP contribution in [0.15, 0.2) is 0 Å². The van der Waals surface area contributed by atoms with Crippen LogP contribution in [0.25, 0.3) is 0 Å². The van der Waals surface area contributed by atoms with Crippen LogP contribution in [-0.4, -0.2) is 45.2 Å². The lowest BCUT2D eigenvalue weighted by Gasteiger charge is -2.20. The quantitative estimate of drug-likeness (QED) is 0.299. The number of carbonyl (C=O) groups excluding carboxylic acids is 1. The highest BCUT2D eigenvalue weighted by atomic mass is 32.2. The minimum atomic E-state index is -4.08. The van der Waals surface area contributed by atoms with Crippen LogP contribution < -0.4 is 0 Å². The Hall–Kier alpha value is -0.760. The molecular formula is C21H35F3O4S. The van der Waals surface area contributed by atoms with E-state index in [1.807, 2.05) is 0 Å². The van der Waals surface area contributed by atoms with Gasteiger partial charge in [0, 0.05) is 36.2 Å². The van der Waals surface area contributed by atoms with Gasteiger partial charge >= 0.3 is 12.1 Å². The van der Waals surface area contributed by atoms with Gasteiger partial charge < -0.3 is 10.2 Å². The lowest BCUT2D eigenvalue weighted by atomic mass is 9.98. The number of aliphatic hydroxyl groups is 1. The van der Waals surface area contributed by atoms with Crippen LogP contribution in [0.5, 0.6) is 0 Å². The topological polar surface area (TPSA) is 74.6 Å². The third-order valence-electron chi connectivity index (χ3n) is 5.44. The van der Waals surface area contributed by atoms with Crippen LogP contribution in [0.2, 0.25) is 0 Å². The summed E-state index contributed by atoms with van der Waals surface area (Å²) in [5.74, 6) is 0.129. The van der Waals surface area contributed by atoms with E-state index < -0.39 is 24.7 Å². The van der Waals surface area contributed by atoms with Gasteiger partial charge in [0.05, 0.1) is 6.10 Å². The molecule has 0 saturated heterocycles. The largest absolute Gasteiger partial charge is 0.481 e. The average molecular weight is 441 g/mol. The van der Waals surface area contributed by atoms with Gasteiger partial charge in [-0.2, -0.15) is 24.9 Å². The maximum absolute atomic E-state index is 12.1. The fourth-order valence-electron chi connectivity index (χ4n) is 3.80. The number of hydrogen-bond acceptors (Lipinski definition) is 4. The summed E-state index contributed by atoms with van der Waals surface area (Å²) >= 11 is 1.65. The molecule has 0 bridgehead atoms. The Kier molecular flexibility index (Phi) is 12.9. The molecule has 0 aromatic rings. The molecule has 170 valence electrons. The van der Waals surface area contributed by atoms with Gasteiger partial charge in [0.15, 0.2) is 0 Å². The van der Waals surface area contributed by atoms with Crippen molar-refractivity contribution in [3.05, 3.63) is 0 Å². The molecule has 1 aliphatic rings. The second-order valence-corrected chi connectivity index (χ2v) is 9.32. The van der Waals surface area contributed by atoms with Gasteiger partial charge in [-0.15, -0.1) is 0 Å². The van der Waals surface area contributed by atoms with Crippen LogP contribution in [0.3, 0.4) is 0 Å². The predicted octanol–water partition coefficient (Wildman–Crippen LogP) is 5.76. The molecule has 0 amide bonds. The molecule has 3 unspecified atom stereocenters. The maximum atomic E-state index is 12.1. The van der Waals surface area contributed by atoms with E-state index in [0.717, 1.165) is 38.5 Å². The standard InChI is InChI=1S/C21H35F3O4S/c22-21(23,24)14-8-4-3-5-9-16(25)15-29-19-13-12-18(26)17(19)10-6-1-2-7-11-20(27)28/h16-17,19,25H,1-15H2,(H,27,28). The summed E-state index contributed by atoms with van der Waals surface area (Å²) in [4.78, 5) is 22.6. The van der Waals surface area contributed by atoms with Crippen LogP contribution in [0.4, 0.5) is 13.2 Å². The minimum Gasteiger partial charge on any atom is -0.481 e. The first kappa shape index (κ1) is 26.3. The Morgan fingerprint density at radius 1 is 1.07 bits per heavy atom. The number of carboxylic acids is 1. The molecule has 0 spiro atoms. The molecule has 0 aliphatic heterocycles. The van der Waals surface area contributed by atoms with Gasteiger partial charge in [0.1, 0.15) is 5.78 Å². The van der Waals surface area contributed by atoms with Gasteiger partial charge in [-0.3, -0.25) is 9.59 Å². The number of halogens is 3. The van der Waals surface area contributed by atoms with E-state index in [2.05, 4.69) is 0 Å². The molecule has 1 rings (SSSR count). The SMILES string of the molecule is O=C(O)CCCCCCC1C(=O)CCC1SCC(O)CCCCCCC(F)(F)F. The molecule has 1 aliphatic carbocycles. The number of unbranched alkanes of at least 4 members (excludes halogenated alkanes) is 6. The highest BCUT2D eigenvalue weighted by molar-refractivity contribution is 8.00. The van der Waals surface area contributed by atoms with Gasteiger partial charge in [-0.25, -0.2) is 0 Å². The van der Waals surface area contributed by atoms with Crippen LogP contribution in [0, 0.1) is 5.92 Å². The van der Waals surface area contributed by atoms with Crippen LogP contribution >= 0.6 is 11.8 Å². The number of Topliss-reactive ketones (excluding diaryl/α,β-unsaturated/α-hetero) is 1. The van der Waals surface area contributed by atoms with Gasteiger partial charge in [-0.1, -0.05) is 38.5 Å². The second kappa shape index (κ2) is 14.3. The second-order valence-electron chi connectivity index (χ2n) is 8.05. The van der Waals surface area contributed by atoms with E-state index in [0.29, 0.717) is 43.6 Å². The summed E-state index contributed by atoms with van der Waals surface area (Å²) in [6.07, 6.45) is 3.28. The van der Waals surface area contributed by atoms with Crippen molar-refractivity contribution >= 4 is 23.5 Å². The molecule has 3 atom stereocenters. The Morgan fingerprint density at radius 2 is 1.72 bits per heavy atom. The number of hydrogen-bond donors (Lipinski definition) is 2. The monoisotopic (exact) mass is 440 g/mol. The number of aliphatic hydroxyl groups excluding tert-OH is 1. The van der Waals surface area contributed by atoms with Gasteiger partial charge in [0.25, 0.3) is 0 Å². The summed E-state index contributed by atoms with van der Waals surface area (Å²) in [6.45, 7) is 0. The molecule has 0 aromatic heterocycles. The van der Waals surface area contributed by atoms with Crippen molar-refractivity contribution in [1.29, 1.82) is 0 Å². The minimum absolute atomic E-state index is 0.0362. The molecule has 1 fully saturated rings. The van der Waals surface area contributed by atoms with E-state index in [1.165, 1.54) is 0 Å². The van der Waals surface area contributed by atoms with Crippen molar-refractivity contribution in [2.45, 2.75) is 107 Å². The zero-order chi connectivity index (χ0) is 21.7. The summed E-state index contributed by atoms with van der Waals surface area (Å²) in [7, 11) is 0. The van der Waals surface area contributed by atoms with E-state index in [4.69, 9.17) is 5.11 Å². The van der Waals surface area contributed by atoms with Crippen molar-refractivity contribution in [3.63, 3.8) is 0 Å². The smallest absolute Gasteiger partial charge is 0.389 e. The number of carbonyl (C=O) groups is 2. The zero-order valence-corrected chi connectivity index (χ0v) is 17.9. The highest BCUT2D eigenvalue weighted by Crippen LogP contribution is 2.36. The fourth-order valence-corrected chi connectivity index (χ4v) is 5.24. The van der Waals surface area contributed by atoms with Crippen LogP contribution in [-0.2, 0) is 9.59 Å². The van der Waals surface area contributed by atoms with Crippen LogP contribution in [0.1, 0.15) is 89.9 Å². The Morgan fingerprint density at radius 3 is 2.41 bits per heavy atom. The number of alkyl halides is 3. The molecule has 4 nitrogen and oxygen atoms in total. The van der Waals surface area contributed by atoms with E-state index in [-0.39, 0.29) is 24.0 Å². The zero-order valence-electron chi connectivity index (χ0n) is 17.1. The molecule has 29 heavy (non-hydrogen) atoms. The molecule has 0 heterocycles. The Labute approximate surface area is 176 Å². The number of ketones is 1. The molecule has 8 heteroatoms. The number of thioether (sulfide) groups is 1. The first-order chi connectivity index (χ1) is 13.7. The summed E-state index contributed by atoms with van der Waals surface area (Å²) in [5.41, 5.74) is 0. The predicted molar refractivity (Wildman–Crippen MR) is 109 cm³/mol. The fraction of sp³-hybridized carbons (Fsp3) is 0.905. The third kappa shape index (κ3) is 13.2. The van der Waals surface area contributed by atoms with Crippen molar-refractivity contribution in [2.75, 3.05) is 5.75 Å². The molecule has 0 aromatic carbocycles. The number of aliphatic carboxylic acids is 1. The number of carboxylic acid groups (broad SMARTS) is 1. The molecule has 2 N–H and O–H groups in total. The van der Waals surface area contributed by atoms with Gasteiger partial charge in [-0.05, 0) is 32.1 Å². The van der Waals surface area contributed by atoms with E-state index in [1.54, 1.807) is 11.8 Å².